The summed E-state index contributed by atoms with van der Waals surface area (Å²) in [6.07, 6.45) is -0.780. The highest BCUT2D eigenvalue weighted by molar-refractivity contribution is 5.08. The molecule has 2 aliphatic rings. The molecule has 16 atom stereocenters. The molecule has 2 heterocycles. The molecule has 0 amide bonds. The number of hydrogen-bond acceptors (Lipinski definition) is 33. The van der Waals surface area contributed by atoms with Gasteiger partial charge in [-0.2, -0.15) is 0 Å². The Balaban J connectivity index is 2.89. The Morgan fingerprint density at radius 3 is 1.02 bits per heavy atom. The summed E-state index contributed by atoms with van der Waals surface area (Å²) in [5.41, 5.74) is -0.995. The summed E-state index contributed by atoms with van der Waals surface area (Å²) in [5.74, 6) is -6.31. The van der Waals surface area contributed by atoms with Crippen LogP contribution in [0.5, 0.6) is 0 Å². The van der Waals surface area contributed by atoms with Crippen molar-refractivity contribution in [3.8, 4) is 0 Å². The fourth-order valence-corrected chi connectivity index (χ4v) is 12.2. The second kappa shape index (κ2) is 65.0. The summed E-state index contributed by atoms with van der Waals surface area (Å²) in [6, 6.07) is 0. The maximum absolute atomic E-state index is 10.8. The van der Waals surface area contributed by atoms with E-state index in [1.807, 2.05) is 0 Å². The Labute approximate surface area is 651 Å². The second-order valence-corrected chi connectivity index (χ2v) is 28.6. The largest absolute Gasteiger partial charge is 0.506 e. The Morgan fingerprint density at radius 1 is 0.309 bits per heavy atom. The summed E-state index contributed by atoms with van der Waals surface area (Å²) in [4.78, 5) is 0. The molecule has 0 saturated carbocycles. The van der Waals surface area contributed by atoms with Crippen molar-refractivity contribution in [2.75, 3.05) is 132 Å². The van der Waals surface area contributed by atoms with Gasteiger partial charge in [-0.25, -0.2) is 0 Å². The van der Waals surface area contributed by atoms with Gasteiger partial charge in [0.1, 0.15) is 67.1 Å². The first-order valence-electron chi connectivity index (χ1n) is 40.6. The van der Waals surface area contributed by atoms with Gasteiger partial charge in [0.15, 0.2) is 47.1 Å². The average Bonchev–Trinajstić information content (AvgIpc) is 0.787. The SMILES string of the molecule is CCCCCCCCCCOCC(COCCCCCCCCCC)(COCCCCCCCCCC)CO[C@@H]1OC(COCCCO[C@H](O)/C(O)=C(\O)[C@H](O)CCO)[C@@H](OCCCO[C@H](O)/C(O)=C(\O)[C@H](O)CCO)C(OCCCO[C@@H]2OC(CO)[C@@H](O)C(O)C2O)C1OCCCO[C@H](O)/C(O)=C(\O)[C@H](O)CCO. The number of aliphatic hydroxyl groups excluding tert-OH is 19. The highest BCUT2D eigenvalue weighted by Gasteiger charge is 2.50. The summed E-state index contributed by atoms with van der Waals surface area (Å²) in [5, 5.41) is 194. The van der Waals surface area contributed by atoms with Gasteiger partial charge >= 0.3 is 0 Å². The summed E-state index contributed by atoms with van der Waals surface area (Å²) >= 11 is 0. The van der Waals surface area contributed by atoms with Gasteiger partial charge < -0.3 is 163 Å². The third kappa shape index (κ3) is 43.2. The maximum Gasteiger partial charge on any atom is 0.217 e. The predicted molar refractivity (Wildman–Crippen MR) is 401 cm³/mol. The molecule has 0 aromatic heterocycles. The minimum Gasteiger partial charge on any atom is -0.506 e. The molecule has 0 aromatic rings. The number of ether oxygens (including phenoxy) is 14. The van der Waals surface area contributed by atoms with Crippen LogP contribution in [-0.4, -0.2) is 328 Å². The normalized spacial score (nSPS) is 23.0. The van der Waals surface area contributed by atoms with Crippen LogP contribution in [0.15, 0.2) is 34.6 Å². The average molecular weight is 1600 g/mol. The van der Waals surface area contributed by atoms with E-state index >= 15 is 0 Å². The van der Waals surface area contributed by atoms with E-state index in [0.29, 0.717) is 19.8 Å². The van der Waals surface area contributed by atoms with E-state index in [4.69, 9.17) is 66.3 Å². The number of unbranched alkanes of at least 4 members (excludes halogenated alkanes) is 21. The molecule has 2 rings (SSSR count). The molecule has 19 N–H and O–H groups in total. The monoisotopic (exact) mass is 1600 g/mol. The Morgan fingerprint density at radius 2 is 0.636 bits per heavy atom. The van der Waals surface area contributed by atoms with Gasteiger partial charge in [0.25, 0.3) is 0 Å². The topological polar surface area (TPSA) is 514 Å². The summed E-state index contributed by atoms with van der Waals surface area (Å²) in [6.45, 7) is 3.60. The van der Waals surface area contributed by atoms with Crippen LogP contribution in [0.3, 0.4) is 0 Å². The lowest BCUT2D eigenvalue weighted by molar-refractivity contribution is -0.331. The van der Waals surface area contributed by atoms with Crippen LogP contribution in [0.4, 0.5) is 0 Å². The molecule has 0 bridgehead atoms. The molecule has 0 aromatic carbocycles. The molecule has 0 radical (unpaired) electrons. The van der Waals surface area contributed by atoms with Crippen LogP contribution in [0.2, 0.25) is 0 Å². The molecular weight excluding hydrogens is 1450 g/mol. The molecule has 2 aliphatic heterocycles. The first-order chi connectivity index (χ1) is 53.1. The Bertz CT molecular complexity index is 2210. The van der Waals surface area contributed by atoms with Crippen LogP contribution in [0, 0.1) is 5.41 Å². The third-order valence-electron chi connectivity index (χ3n) is 18.9. The van der Waals surface area contributed by atoms with Gasteiger partial charge in [0, 0.05) is 85.3 Å². The van der Waals surface area contributed by atoms with Crippen molar-refractivity contribution >= 4 is 0 Å². The number of aliphatic hydroxyl groups is 19. The minimum atomic E-state index is -2.13. The van der Waals surface area contributed by atoms with Gasteiger partial charge in [-0.1, -0.05) is 156 Å². The van der Waals surface area contributed by atoms with Gasteiger partial charge in [-0.15, -0.1) is 0 Å². The van der Waals surface area contributed by atoms with E-state index in [0.717, 1.165) is 96.3 Å². The lowest BCUT2D eigenvalue weighted by Crippen LogP contribution is -2.62. The smallest absolute Gasteiger partial charge is 0.217 e. The van der Waals surface area contributed by atoms with Crippen LogP contribution >= 0.6 is 0 Å². The van der Waals surface area contributed by atoms with Crippen LogP contribution in [-0.2, 0) is 66.3 Å². The maximum atomic E-state index is 10.8. The zero-order chi connectivity index (χ0) is 81.2. The molecule has 0 spiro atoms. The van der Waals surface area contributed by atoms with Gasteiger partial charge in [0.05, 0.1) is 71.5 Å². The van der Waals surface area contributed by atoms with Gasteiger partial charge in [-0.3, -0.25) is 0 Å². The quantitative estimate of drug-likeness (QED) is 0.0190. The van der Waals surface area contributed by atoms with Crippen LogP contribution in [0.25, 0.3) is 0 Å². The Kier molecular flexibility index (Phi) is 60.9. The van der Waals surface area contributed by atoms with E-state index in [2.05, 4.69) is 20.8 Å². The van der Waals surface area contributed by atoms with Crippen molar-refractivity contribution in [1.29, 1.82) is 0 Å². The van der Waals surface area contributed by atoms with Crippen LogP contribution in [0.1, 0.15) is 220 Å². The Hall–Kier alpha value is -3.06. The van der Waals surface area contributed by atoms with Crippen molar-refractivity contribution in [2.45, 2.75) is 318 Å². The third-order valence-corrected chi connectivity index (χ3v) is 18.9. The predicted octanol–water partition coefficient (Wildman–Crippen LogP) is 5.95. The first-order valence-corrected chi connectivity index (χ1v) is 40.6. The fraction of sp³-hybridized carbons (Fsp3) is 0.922. The zero-order valence-corrected chi connectivity index (χ0v) is 66.0. The molecular formula is C77H146O33. The van der Waals surface area contributed by atoms with Crippen molar-refractivity contribution in [3.63, 3.8) is 0 Å². The van der Waals surface area contributed by atoms with E-state index in [9.17, 15) is 97.0 Å². The highest BCUT2D eigenvalue weighted by Crippen LogP contribution is 2.33. The fourth-order valence-electron chi connectivity index (χ4n) is 12.2. The van der Waals surface area contributed by atoms with Gasteiger partial charge in [0.2, 0.25) is 18.9 Å². The molecule has 0 aliphatic carbocycles. The van der Waals surface area contributed by atoms with Crippen molar-refractivity contribution in [3.05, 3.63) is 34.6 Å². The highest BCUT2D eigenvalue weighted by atomic mass is 16.7. The second-order valence-electron chi connectivity index (χ2n) is 28.6. The lowest BCUT2D eigenvalue weighted by atomic mass is 9.91. The summed E-state index contributed by atoms with van der Waals surface area (Å²) < 4.78 is 88.1. The molecule has 2 saturated heterocycles. The molecule has 33 nitrogen and oxygen atoms in total. The van der Waals surface area contributed by atoms with E-state index < -0.39 is 165 Å². The zero-order valence-electron chi connectivity index (χ0n) is 66.0. The van der Waals surface area contributed by atoms with Gasteiger partial charge in [-0.05, 0) is 44.9 Å². The van der Waals surface area contributed by atoms with E-state index in [1.54, 1.807) is 0 Å². The van der Waals surface area contributed by atoms with Crippen molar-refractivity contribution < 1.29 is 163 Å². The molecule has 6 unspecified atom stereocenters. The van der Waals surface area contributed by atoms with Crippen molar-refractivity contribution in [2.24, 2.45) is 5.41 Å². The molecule has 652 valence electrons. The lowest BCUT2D eigenvalue weighted by Gasteiger charge is -2.46. The summed E-state index contributed by atoms with van der Waals surface area (Å²) in [7, 11) is 0. The van der Waals surface area contributed by atoms with Crippen LogP contribution < -0.4 is 0 Å². The molecule has 33 heteroatoms. The minimum absolute atomic E-state index is 0.0319. The van der Waals surface area contributed by atoms with Crippen molar-refractivity contribution in [1.82, 2.24) is 0 Å². The standard InChI is InChI=1S/C77H146O33/c1-4-7-10-13-16-19-22-25-38-98-51-77(52-99-39-26-23-20-17-14-11-8-5-2,53-100-40-27-24-21-18-15-12-9-6-3)54-108-76-71(103-44-30-47-106-74(96)67(92)62(87)57(84)34-37-80)70(102-43-31-48-107-75-68(93)64(89)63(88)58(49-81)109-75)69(101-42-29-46-105-73(95)66(91)61(86)56(83)33-36-79)59(110-76)50-97-41-28-45-104-72(94)65(90)60(85)55(82)32-35-78/h55-59,63-64,68-76,78-96H,4-54H2,1-3H3/b65-60+,66-61+,67-62+/t55-,56-,57-,58?,59?,63-,64?,68?,69-,70?,71?,72+,73+,74+,75-,76-/m1/s1. The molecule has 2 fully saturated rings. The number of rotatable bonds is 74. The first kappa shape index (κ1) is 103. The van der Waals surface area contributed by atoms with E-state index in [-0.39, 0.29) is 131 Å². The number of hydrogen-bond donors (Lipinski definition) is 19. The molecule has 110 heavy (non-hydrogen) atoms. The van der Waals surface area contributed by atoms with E-state index in [1.165, 1.54) is 57.8 Å².